The molecular formula is C24H44O2. The average molecular weight is 365 g/mol. The van der Waals surface area contributed by atoms with Gasteiger partial charge in [-0.15, -0.1) is 0 Å². The lowest BCUT2D eigenvalue weighted by Gasteiger charge is -2.04. The number of hydrogen-bond donors (Lipinski definition) is 0. The van der Waals surface area contributed by atoms with Crippen molar-refractivity contribution in [2.75, 3.05) is 6.61 Å². The van der Waals surface area contributed by atoms with Gasteiger partial charge in [-0.2, -0.15) is 0 Å². The number of hydrogen-bond acceptors (Lipinski definition) is 2. The molecule has 1 rings (SSSR count). The summed E-state index contributed by atoms with van der Waals surface area (Å²) in [6.07, 6.45) is 28.0. The van der Waals surface area contributed by atoms with E-state index in [1.807, 2.05) is 6.08 Å². The Bertz CT molecular complexity index is 344. The SMILES string of the molecule is CCCCCCCCCCCCCCCCCCOC(=O)/C=C/C1CC1. The molecule has 0 radical (unpaired) electrons. The first-order valence-electron chi connectivity index (χ1n) is 11.7. The molecule has 2 nitrogen and oxygen atoms in total. The van der Waals surface area contributed by atoms with Crippen molar-refractivity contribution in [3.05, 3.63) is 12.2 Å². The molecule has 1 fully saturated rings. The predicted octanol–water partition coefficient (Wildman–Crippen LogP) is 7.76. The van der Waals surface area contributed by atoms with Crippen LogP contribution in [0, 0.1) is 5.92 Å². The molecule has 0 atom stereocenters. The smallest absolute Gasteiger partial charge is 0.330 e. The Balaban J connectivity index is 1.67. The molecule has 0 bridgehead atoms. The third-order valence-corrected chi connectivity index (χ3v) is 5.37. The maximum Gasteiger partial charge on any atom is 0.330 e. The van der Waals surface area contributed by atoms with Crippen LogP contribution < -0.4 is 0 Å². The van der Waals surface area contributed by atoms with Crippen molar-refractivity contribution in [1.29, 1.82) is 0 Å². The third-order valence-electron chi connectivity index (χ3n) is 5.37. The molecule has 2 heteroatoms. The second kappa shape index (κ2) is 17.6. The number of ether oxygens (including phenoxy) is 1. The molecule has 152 valence electrons. The molecule has 0 amide bonds. The Kier molecular flexibility index (Phi) is 15.8. The highest BCUT2D eigenvalue weighted by atomic mass is 16.5. The Morgan fingerprint density at radius 1 is 0.731 bits per heavy atom. The fraction of sp³-hybridized carbons (Fsp3) is 0.875. The van der Waals surface area contributed by atoms with Crippen molar-refractivity contribution in [2.45, 2.75) is 122 Å². The van der Waals surface area contributed by atoms with Crippen LogP contribution in [-0.4, -0.2) is 12.6 Å². The van der Waals surface area contributed by atoms with Gasteiger partial charge >= 0.3 is 5.97 Å². The Hall–Kier alpha value is -0.790. The van der Waals surface area contributed by atoms with E-state index < -0.39 is 0 Å². The summed E-state index contributed by atoms with van der Waals surface area (Å²) in [6.45, 7) is 2.87. The minimum Gasteiger partial charge on any atom is -0.463 e. The molecule has 0 aromatic carbocycles. The quantitative estimate of drug-likeness (QED) is 0.133. The standard InChI is InChI=1S/C24H44O2/c1-2-3-4-5-6-7-8-9-10-11-12-13-14-15-16-17-22-26-24(25)21-20-23-18-19-23/h20-21,23H,2-19,22H2,1H3/b21-20+. The molecule has 0 aromatic rings. The summed E-state index contributed by atoms with van der Waals surface area (Å²) < 4.78 is 5.21. The van der Waals surface area contributed by atoms with Crippen LogP contribution in [0.25, 0.3) is 0 Å². The minimum atomic E-state index is -0.155. The largest absolute Gasteiger partial charge is 0.463 e. The van der Waals surface area contributed by atoms with Crippen LogP contribution in [0.1, 0.15) is 122 Å². The summed E-state index contributed by atoms with van der Waals surface area (Å²) >= 11 is 0. The van der Waals surface area contributed by atoms with Gasteiger partial charge in [-0.05, 0) is 25.2 Å². The molecule has 26 heavy (non-hydrogen) atoms. The van der Waals surface area contributed by atoms with E-state index in [0.717, 1.165) is 6.42 Å². The molecule has 0 saturated heterocycles. The maximum absolute atomic E-state index is 11.4. The Morgan fingerprint density at radius 2 is 1.15 bits per heavy atom. The zero-order valence-corrected chi connectivity index (χ0v) is 17.5. The molecule has 0 N–H and O–H groups in total. The first kappa shape index (κ1) is 23.2. The summed E-state index contributed by atoms with van der Waals surface area (Å²) in [5.41, 5.74) is 0. The molecule has 0 unspecified atom stereocenters. The van der Waals surface area contributed by atoms with Crippen LogP contribution in [-0.2, 0) is 9.53 Å². The van der Waals surface area contributed by atoms with Gasteiger partial charge in [0.1, 0.15) is 0 Å². The molecule has 1 aliphatic carbocycles. The van der Waals surface area contributed by atoms with Crippen molar-refractivity contribution in [3.8, 4) is 0 Å². The summed E-state index contributed by atoms with van der Waals surface area (Å²) in [5, 5.41) is 0. The Labute approximate surface area is 163 Å². The summed E-state index contributed by atoms with van der Waals surface area (Å²) in [6, 6.07) is 0. The van der Waals surface area contributed by atoms with Gasteiger partial charge in [0.2, 0.25) is 0 Å². The van der Waals surface area contributed by atoms with Crippen LogP contribution in [0.3, 0.4) is 0 Å². The van der Waals surface area contributed by atoms with E-state index in [4.69, 9.17) is 4.74 Å². The van der Waals surface area contributed by atoms with Crippen LogP contribution >= 0.6 is 0 Å². The fourth-order valence-corrected chi connectivity index (χ4v) is 3.37. The van der Waals surface area contributed by atoms with E-state index in [0.29, 0.717) is 12.5 Å². The topological polar surface area (TPSA) is 26.3 Å². The second-order valence-electron chi connectivity index (χ2n) is 8.17. The molecule has 0 aliphatic heterocycles. The van der Waals surface area contributed by atoms with Crippen LogP contribution in [0.15, 0.2) is 12.2 Å². The number of esters is 1. The zero-order valence-electron chi connectivity index (χ0n) is 17.5. The van der Waals surface area contributed by atoms with Gasteiger partial charge in [0.15, 0.2) is 0 Å². The van der Waals surface area contributed by atoms with Crippen LogP contribution in [0.5, 0.6) is 0 Å². The van der Waals surface area contributed by atoms with E-state index in [9.17, 15) is 4.79 Å². The lowest BCUT2D eigenvalue weighted by atomic mass is 10.0. The summed E-state index contributed by atoms with van der Waals surface area (Å²) in [5.74, 6) is 0.496. The van der Waals surface area contributed by atoms with Gasteiger partial charge in [-0.3, -0.25) is 0 Å². The van der Waals surface area contributed by atoms with Crippen molar-refractivity contribution >= 4 is 5.97 Å². The monoisotopic (exact) mass is 364 g/mol. The van der Waals surface area contributed by atoms with Crippen LogP contribution in [0.2, 0.25) is 0 Å². The second-order valence-corrected chi connectivity index (χ2v) is 8.17. The minimum absolute atomic E-state index is 0.155. The first-order valence-corrected chi connectivity index (χ1v) is 11.7. The van der Waals surface area contributed by atoms with Crippen molar-refractivity contribution in [2.24, 2.45) is 5.92 Å². The van der Waals surface area contributed by atoms with Gasteiger partial charge in [0.05, 0.1) is 6.61 Å². The number of allylic oxidation sites excluding steroid dienone is 1. The third kappa shape index (κ3) is 16.7. The summed E-state index contributed by atoms with van der Waals surface area (Å²) in [7, 11) is 0. The molecule has 1 saturated carbocycles. The van der Waals surface area contributed by atoms with E-state index in [1.165, 1.54) is 109 Å². The molecular weight excluding hydrogens is 320 g/mol. The average Bonchev–Trinajstić information content (AvgIpc) is 3.47. The van der Waals surface area contributed by atoms with E-state index in [2.05, 4.69) is 6.92 Å². The van der Waals surface area contributed by atoms with Crippen molar-refractivity contribution in [3.63, 3.8) is 0 Å². The molecule has 1 aliphatic rings. The van der Waals surface area contributed by atoms with Gasteiger partial charge in [0, 0.05) is 6.08 Å². The maximum atomic E-state index is 11.4. The lowest BCUT2D eigenvalue weighted by Crippen LogP contribution is -2.02. The lowest BCUT2D eigenvalue weighted by molar-refractivity contribution is -0.137. The highest BCUT2D eigenvalue weighted by Crippen LogP contribution is 2.29. The number of rotatable bonds is 19. The van der Waals surface area contributed by atoms with Gasteiger partial charge in [-0.25, -0.2) is 4.79 Å². The number of carbonyl (C=O) groups is 1. The zero-order chi connectivity index (χ0) is 18.7. The van der Waals surface area contributed by atoms with Gasteiger partial charge in [0.25, 0.3) is 0 Å². The molecule has 0 heterocycles. The van der Waals surface area contributed by atoms with Crippen molar-refractivity contribution < 1.29 is 9.53 Å². The predicted molar refractivity (Wildman–Crippen MR) is 112 cm³/mol. The van der Waals surface area contributed by atoms with Gasteiger partial charge in [-0.1, -0.05) is 109 Å². The number of unbranched alkanes of at least 4 members (excludes halogenated alkanes) is 15. The fourth-order valence-electron chi connectivity index (χ4n) is 3.37. The Morgan fingerprint density at radius 3 is 1.58 bits per heavy atom. The normalized spacial score (nSPS) is 14.2. The molecule has 0 spiro atoms. The summed E-state index contributed by atoms with van der Waals surface area (Å²) in [4.78, 5) is 11.4. The van der Waals surface area contributed by atoms with Gasteiger partial charge < -0.3 is 4.74 Å². The highest BCUT2D eigenvalue weighted by molar-refractivity contribution is 5.81. The van der Waals surface area contributed by atoms with E-state index >= 15 is 0 Å². The number of carbonyl (C=O) groups excluding carboxylic acids is 1. The highest BCUT2D eigenvalue weighted by Gasteiger charge is 2.17. The van der Waals surface area contributed by atoms with E-state index in [-0.39, 0.29) is 5.97 Å². The first-order chi connectivity index (χ1) is 12.8. The van der Waals surface area contributed by atoms with Crippen LogP contribution in [0.4, 0.5) is 0 Å². The molecule has 0 aromatic heterocycles. The van der Waals surface area contributed by atoms with Crippen molar-refractivity contribution in [1.82, 2.24) is 0 Å². The van der Waals surface area contributed by atoms with E-state index in [1.54, 1.807) is 6.08 Å².